The normalized spacial score (nSPS) is 10.1. The summed E-state index contributed by atoms with van der Waals surface area (Å²) in [6, 6.07) is 6.88. The molecule has 1 heterocycles. The van der Waals surface area contributed by atoms with Gasteiger partial charge in [-0.25, -0.2) is 4.98 Å². The van der Waals surface area contributed by atoms with Crippen LogP contribution >= 0.6 is 0 Å². The summed E-state index contributed by atoms with van der Waals surface area (Å²) in [6.07, 6.45) is 1.28. The number of aromatic nitrogens is 2. The molecule has 0 aliphatic rings. The van der Waals surface area contributed by atoms with Crippen molar-refractivity contribution < 1.29 is 9.72 Å². The Morgan fingerprint density at radius 3 is 2.86 bits per heavy atom. The zero-order chi connectivity index (χ0) is 15.4. The molecule has 1 aromatic heterocycles. The van der Waals surface area contributed by atoms with Crippen LogP contribution in [-0.2, 0) is 11.3 Å². The highest BCUT2D eigenvalue weighted by atomic mass is 16.6. The number of rotatable bonds is 4. The Kier molecular flexibility index (Phi) is 4.07. The molecule has 0 saturated heterocycles. The van der Waals surface area contributed by atoms with Gasteiger partial charge in [0.05, 0.1) is 11.3 Å². The van der Waals surface area contributed by atoms with Crippen molar-refractivity contribution in [1.29, 1.82) is 0 Å². The molecule has 8 nitrogen and oxygen atoms in total. The van der Waals surface area contributed by atoms with Gasteiger partial charge in [0.15, 0.2) is 0 Å². The van der Waals surface area contributed by atoms with Gasteiger partial charge in [-0.1, -0.05) is 6.07 Å². The molecule has 0 bridgehead atoms. The second-order valence-corrected chi connectivity index (χ2v) is 4.35. The molecule has 0 spiro atoms. The third kappa shape index (κ3) is 3.72. The van der Waals surface area contributed by atoms with E-state index in [9.17, 15) is 19.7 Å². The van der Waals surface area contributed by atoms with Gasteiger partial charge < -0.3 is 5.32 Å². The average molecular weight is 288 g/mol. The number of anilines is 1. The first-order valence-corrected chi connectivity index (χ1v) is 6.03. The van der Waals surface area contributed by atoms with Crippen molar-refractivity contribution in [2.75, 3.05) is 5.32 Å². The Labute approximate surface area is 119 Å². The summed E-state index contributed by atoms with van der Waals surface area (Å²) in [7, 11) is 0. The molecule has 1 aromatic carbocycles. The van der Waals surface area contributed by atoms with Gasteiger partial charge in [0.2, 0.25) is 5.91 Å². The molecule has 2 aromatic rings. The molecule has 0 unspecified atom stereocenters. The number of nitro benzene ring substituents is 1. The van der Waals surface area contributed by atoms with Gasteiger partial charge in [-0.3, -0.25) is 24.3 Å². The summed E-state index contributed by atoms with van der Waals surface area (Å²) < 4.78 is 1.15. The number of hydrogen-bond acceptors (Lipinski definition) is 5. The van der Waals surface area contributed by atoms with E-state index >= 15 is 0 Å². The third-order valence-electron chi connectivity index (χ3n) is 2.67. The fraction of sp³-hybridized carbons (Fsp3) is 0.154. The molecular weight excluding hydrogens is 276 g/mol. The summed E-state index contributed by atoms with van der Waals surface area (Å²) in [6.45, 7) is 1.46. The molecule has 8 heteroatoms. The Morgan fingerprint density at radius 1 is 1.43 bits per heavy atom. The van der Waals surface area contributed by atoms with Crippen LogP contribution in [-0.4, -0.2) is 20.4 Å². The molecule has 0 atom stereocenters. The summed E-state index contributed by atoms with van der Waals surface area (Å²) in [5, 5.41) is 13.1. The number of aryl methyl sites for hydroxylation is 1. The van der Waals surface area contributed by atoms with Crippen LogP contribution in [0.25, 0.3) is 0 Å². The first-order valence-electron chi connectivity index (χ1n) is 6.03. The van der Waals surface area contributed by atoms with Crippen LogP contribution in [0.1, 0.15) is 5.69 Å². The number of benzene rings is 1. The Morgan fingerprint density at radius 2 is 2.19 bits per heavy atom. The first-order chi connectivity index (χ1) is 9.95. The van der Waals surface area contributed by atoms with Crippen molar-refractivity contribution in [3.63, 3.8) is 0 Å². The van der Waals surface area contributed by atoms with Crippen LogP contribution in [0.4, 0.5) is 11.4 Å². The van der Waals surface area contributed by atoms with Gasteiger partial charge in [-0.2, -0.15) is 0 Å². The minimum absolute atomic E-state index is 0.123. The molecule has 2 rings (SSSR count). The van der Waals surface area contributed by atoms with E-state index in [0.29, 0.717) is 11.4 Å². The topological polar surface area (TPSA) is 107 Å². The maximum absolute atomic E-state index is 11.8. The number of amides is 1. The average Bonchev–Trinajstić information content (AvgIpc) is 2.42. The second-order valence-electron chi connectivity index (χ2n) is 4.35. The van der Waals surface area contributed by atoms with Crippen LogP contribution in [0.2, 0.25) is 0 Å². The van der Waals surface area contributed by atoms with Gasteiger partial charge in [-0.05, 0) is 13.0 Å². The molecular formula is C13H12N4O4. The lowest BCUT2D eigenvalue weighted by molar-refractivity contribution is -0.384. The maximum Gasteiger partial charge on any atom is 0.271 e. The highest BCUT2D eigenvalue weighted by Gasteiger charge is 2.09. The minimum Gasteiger partial charge on any atom is -0.324 e. The maximum atomic E-state index is 11.8. The van der Waals surface area contributed by atoms with Crippen molar-refractivity contribution >= 4 is 17.3 Å². The number of non-ortho nitro benzene ring substituents is 1. The van der Waals surface area contributed by atoms with E-state index in [2.05, 4.69) is 10.3 Å². The predicted molar refractivity (Wildman–Crippen MR) is 75.0 cm³/mol. The monoisotopic (exact) mass is 288 g/mol. The molecule has 0 saturated carbocycles. The molecule has 21 heavy (non-hydrogen) atoms. The highest BCUT2D eigenvalue weighted by molar-refractivity contribution is 5.90. The SMILES string of the molecule is Cc1cc(=O)n(CC(=O)Nc2cccc([N+](=O)[O-])c2)cn1. The molecule has 108 valence electrons. The number of hydrogen-bond donors (Lipinski definition) is 1. The third-order valence-corrected chi connectivity index (χ3v) is 2.67. The van der Waals surface area contributed by atoms with E-state index in [1.807, 2.05) is 0 Å². The second kappa shape index (κ2) is 5.95. The van der Waals surface area contributed by atoms with E-state index in [0.717, 1.165) is 4.57 Å². The fourth-order valence-electron chi connectivity index (χ4n) is 1.69. The standard InChI is InChI=1S/C13H12N4O4/c1-9-5-13(19)16(8-14-9)7-12(18)15-10-3-2-4-11(6-10)17(20)21/h2-6,8H,7H2,1H3,(H,15,18). The number of nitrogens with zero attached hydrogens (tertiary/aromatic N) is 3. The van der Waals surface area contributed by atoms with Crippen molar-refractivity contribution in [2.45, 2.75) is 13.5 Å². The fourth-order valence-corrected chi connectivity index (χ4v) is 1.69. The summed E-state index contributed by atoms with van der Waals surface area (Å²) >= 11 is 0. The van der Waals surface area contributed by atoms with E-state index in [1.54, 1.807) is 6.92 Å². The number of nitro groups is 1. The lowest BCUT2D eigenvalue weighted by Crippen LogP contribution is -2.27. The van der Waals surface area contributed by atoms with Gasteiger partial charge in [0.25, 0.3) is 11.2 Å². The smallest absolute Gasteiger partial charge is 0.271 e. The van der Waals surface area contributed by atoms with E-state index in [-0.39, 0.29) is 17.8 Å². The molecule has 0 fully saturated rings. The van der Waals surface area contributed by atoms with Gasteiger partial charge in [0.1, 0.15) is 6.54 Å². The summed E-state index contributed by atoms with van der Waals surface area (Å²) in [5.41, 5.74) is 0.399. The lowest BCUT2D eigenvalue weighted by Gasteiger charge is -2.07. The molecule has 0 aliphatic heterocycles. The van der Waals surface area contributed by atoms with Crippen LogP contribution in [0.15, 0.2) is 41.5 Å². The largest absolute Gasteiger partial charge is 0.324 e. The van der Waals surface area contributed by atoms with Gasteiger partial charge in [0, 0.05) is 29.6 Å². The zero-order valence-corrected chi connectivity index (χ0v) is 11.1. The molecule has 1 N–H and O–H groups in total. The molecule has 0 radical (unpaired) electrons. The Balaban J connectivity index is 2.10. The van der Waals surface area contributed by atoms with E-state index in [4.69, 9.17) is 0 Å². The van der Waals surface area contributed by atoms with Gasteiger partial charge >= 0.3 is 0 Å². The lowest BCUT2D eigenvalue weighted by atomic mass is 10.3. The number of carbonyl (C=O) groups is 1. The predicted octanol–water partition coefficient (Wildman–Crippen LogP) is 1.10. The highest BCUT2D eigenvalue weighted by Crippen LogP contribution is 2.16. The van der Waals surface area contributed by atoms with E-state index in [1.165, 1.54) is 36.7 Å². The summed E-state index contributed by atoms with van der Waals surface area (Å²) in [4.78, 5) is 37.5. The van der Waals surface area contributed by atoms with Crippen molar-refractivity contribution in [3.05, 3.63) is 62.8 Å². The minimum atomic E-state index is -0.552. The number of carbonyl (C=O) groups excluding carboxylic acids is 1. The zero-order valence-electron chi connectivity index (χ0n) is 11.1. The Bertz CT molecular complexity index is 754. The first kappa shape index (κ1) is 14.4. The van der Waals surface area contributed by atoms with Crippen LogP contribution < -0.4 is 10.9 Å². The quantitative estimate of drug-likeness (QED) is 0.669. The molecule has 0 aliphatic carbocycles. The Hall–Kier alpha value is -3.03. The number of nitrogens with one attached hydrogen (secondary N) is 1. The summed E-state index contributed by atoms with van der Waals surface area (Å²) in [5.74, 6) is -0.469. The van der Waals surface area contributed by atoms with Crippen molar-refractivity contribution in [1.82, 2.24) is 9.55 Å². The van der Waals surface area contributed by atoms with Crippen LogP contribution in [0, 0.1) is 17.0 Å². The van der Waals surface area contributed by atoms with Crippen LogP contribution in [0.5, 0.6) is 0 Å². The molecule has 1 amide bonds. The van der Waals surface area contributed by atoms with Crippen molar-refractivity contribution in [2.24, 2.45) is 0 Å². The van der Waals surface area contributed by atoms with Crippen molar-refractivity contribution in [3.8, 4) is 0 Å². The van der Waals surface area contributed by atoms with Gasteiger partial charge in [-0.15, -0.1) is 0 Å². The van der Waals surface area contributed by atoms with Crippen LogP contribution in [0.3, 0.4) is 0 Å². The van der Waals surface area contributed by atoms with E-state index < -0.39 is 10.8 Å².